The molecule has 0 saturated carbocycles. The fourth-order valence-electron chi connectivity index (χ4n) is 3.18. The number of nitrogens with one attached hydrogen (secondary N) is 1. The minimum atomic E-state index is -0.568. The highest BCUT2D eigenvalue weighted by atomic mass is 19.1. The molecular weight excluding hydrogens is 323 g/mol. The van der Waals surface area contributed by atoms with Gasteiger partial charge in [0.2, 0.25) is 11.8 Å². The summed E-state index contributed by atoms with van der Waals surface area (Å²) in [6.07, 6.45) is 1.49. The number of amides is 2. The van der Waals surface area contributed by atoms with E-state index in [1.54, 1.807) is 17.9 Å². The second-order valence-corrected chi connectivity index (χ2v) is 6.53. The van der Waals surface area contributed by atoms with Crippen LogP contribution in [0.2, 0.25) is 0 Å². The van der Waals surface area contributed by atoms with Crippen molar-refractivity contribution in [3.8, 4) is 0 Å². The van der Waals surface area contributed by atoms with E-state index in [1.807, 2.05) is 6.92 Å². The monoisotopic (exact) mass is 348 g/mol. The Morgan fingerprint density at radius 1 is 1.32 bits per heavy atom. The minimum absolute atomic E-state index is 0.0148. The van der Waals surface area contributed by atoms with Gasteiger partial charge >= 0.3 is 0 Å². The number of benzene rings is 1. The van der Waals surface area contributed by atoms with Crippen LogP contribution in [0.1, 0.15) is 43.5 Å². The first-order valence-corrected chi connectivity index (χ1v) is 8.78. The predicted octanol–water partition coefficient (Wildman–Crippen LogP) is 2.41. The van der Waals surface area contributed by atoms with Gasteiger partial charge in [-0.1, -0.05) is 19.1 Å². The molecule has 1 aromatic carbocycles. The lowest BCUT2D eigenvalue weighted by atomic mass is 9.94. The quantitative estimate of drug-likeness (QED) is 0.803. The number of nitrogens with zero attached hydrogens (tertiary/aromatic N) is 1. The van der Waals surface area contributed by atoms with Crippen molar-refractivity contribution in [1.82, 2.24) is 10.2 Å². The topological polar surface area (TPSA) is 66.5 Å². The lowest BCUT2D eigenvalue weighted by Crippen LogP contribution is -2.47. The van der Waals surface area contributed by atoms with Gasteiger partial charge in [0.1, 0.15) is 5.82 Å². The highest BCUT2D eigenvalue weighted by molar-refractivity contribution is 5.98. The Morgan fingerprint density at radius 2 is 2.04 bits per heavy atom. The summed E-state index contributed by atoms with van der Waals surface area (Å²) in [7, 11) is 0. The zero-order valence-electron chi connectivity index (χ0n) is 14.8. The van der Waals surface area contributed by atoms with Crippen LogP contribution in [0.25, 0.3) is 0 Å². The minimum Gasteiger partial charge on any atom is -0.356 e. The zero-order valence-corrected chi connectivity index (χ0v) is 14.8. The van der Waals surface area contributed by atoms with Crippen molar-refractivity contribution in [1.29, 1.82) is 0 Å². The molecule has 136 valence electrons. The smallest absolute Gasteiger partial charge is 0.225 e. The molecule has 1 fully saturated rings. The fraction of sp³-hybridized carbons (Fsp3) is 0.526. The van der Waals surface area contributed by atoms with Crippen molar-refractivity contribution in [2.24, 2.45) is 11.8 Å². The molecule has 1 heterocycles. The van der Waals surface area contributed by atoms with Crippen molar-refractivity contribution in [2.75, 3.05) is 19.6 Å². The largest absolute Gasteiger partial charge is 0.356 e. The first-order valence-electron chi connectivity index (χ1n) is 8.78. The van der Waals surface area contributed by atoms with Gasteiger partial charge in [0.05, 0.1) is 11.5 Å². The van der Waals surface area contributed by atoms with Crippen molar-refractivity contribution in [2.45, 2.75) is 33.1 Å². The maximum Gasteiger partial charge on any atom is 0.225 e. The van der Waals surface area contributed by atoms with Crippen molar-refractivity contribution in [3.05, 3.63) is 35.6 Å². The van der Waals surface area contributed by atoms with E-state index >= 15 is 0 Å². The molecule has 1 N–H and O–H groups in total. The zero-order chi connectivity index (χ0) is 18.4. The van der Waals surface area contributed by atoms with Crippen LogP contribution in [-0.4, -0.2) is 42.1 Å². The molecule has 5 nitrogen and oxygen atoms in total. The average molecular weight is 348 g/mol. The third-order valence-electron chi connectivity index (χ3n) is 4.54. The summed E-state index contributed by atoms with van der Waals surface area (Å²) < 4.78 is 13.7. The van der Waals surface area contributed by atoms with Gasteiger partial charge in [-0.2, -0.15) is 0 Å². The van der Waals surface area contributed by atoms with E-state index in [9.17, 15) is 18.8 Å². The first kappa shape index (κ1) is 19.1. The third-order valence-corrected chi connectivity index (χ3v) is 4.54. The van der Waals surface area contributed by atoms with Crippen LogP contribution in [-0.2, 0) is 9.59 Å². The summed E-state index contributed by atoms with van der Waals surface area (Å²) in [4.78, 5) is 38.5. The van der Waals surface area contributed by atoms with Gasteiger partial charge in [0, 0.05) is 32.0 Å². The molecule has 0 aromatic heterocycles. The van der Waals surface area contributed by atoms with Crippen molar-refractivity contribution < 1.29 is 18.8 Å². The van der Waals surface area contributed by atoms with E-state index in [0.29, 0.717) is 19.6 Å². The van der Waals surface area contributed by atoms with Crippen molar-refractivity contribution in [3.63, 3.8) is 0 Å². The molecule has 6 heteroatoms. The lowest BCUT2D eigenvalue weighted by Gasteiger charge is -2.33. The number of rotatable bonds is 6. The molecule has 2 atom stereocenters. The summed E-state index contributed by atoms with van der Waals surface area (Å²) in [5, 5.41) is 2.79. The number of hydrogen-bond donors (Lipinski definition) is 1. The molecular formula is C19H25FN2O3. The Morgan fingerprint density at radius 3 is 2.72 bits per heavy atom. The lowest BCUT2D eigenvalue weighted by molar-refractivity contribution is -0.138. The molecule has 25 heavy (non-hydrogen) atoms. The van der Waals surface area contributed by atoms with Crippen LogP contribution in [0.15, 0.2) is 24.3 Å². The maximum absolute atomic E-state index is 13.7. The second-order valence-electron chi connectivity index (χ2n) is 6.53. The molecule has 1 aromatic rings. The molecule has 1 saturated heterocycles. The Balaban J connectivity index is 1.96. The van der Waals surface area contributed by atoms with Gasteiger partial charge in [-0.3, -0.25) is 14.4 Å². The van der Waals surface area contributed by atoms with E-state index < -0.39 is 11.7 Å². The first-order chi connectivity index (χ1) is 11.9. The molecule has 0 aliphatic carbocycles. The van der Waals surface area contributed by atoms with Gasteiger partial charge in [0.15, 0.2) is 5.78 Å². The van der Waals surface area contributed by atoms with E-state index in [2.05, 4.69) is 5.32 Å². The molecule has 0 bridgehead atoms. The number of carbonyl (C=O) groups excluding carboxylic acids is 3. The molecule has 0 unspecified atom stereocenters. The molecule has 2 amide bonds. The molecule has 1 aliphatic heterocycles. The Labute approximate surface area is 147 Å². The number of likely N-dealkylation sites (tertiary alicyclic amines) is 1. The van der Waals surface area contributed by atoms with Crippen LogP contribution in [0.4, 0.5) is 4.39 Å². The van der Waals surface area contributed by atoms with Gasteiger partial charge in [-0.15, -0.1) is 0 Å². The fourth-order valence-corrected chi connectivity index (χ4v) is 3.18. The average Bonchev–Trinajstić information content (AvgIpc) is 2.61. The van der Waals surface area contributed by atoms with E-state index in [-0.39, 0.29) is 35.5 Å². The van der Waals surface area contributed by atoms with Crippen LogP contribution in [0, 0.1) is 17.7 Å². The van der Waals surface area contributed by atoms with Crippen LogP contribution in [0.3, 0.4) is 0 Å². The summed E-state index contributed by atoms with van der Waals surface area (Å²) >= 11 is 0. The summed E-state index contributed by atoms with van der Waals surface area (Å²) in [5.74, 6) is -1.88. The maximum atomic E-state index is 13.7. The summed E-state index contributed by atoms with van der Waals surface area (Å²) in [5.41, 5.74) is 0.0148. The Bertz CT molecular complexity index is 647. The van der Waals surface area contributed by atoms with E-state index in [4.69, 9.17) is 0 Å². The van der Waals surface area contributed by atoms with Gasteiger partial charge in [-0.05, 0) is 31.9 Å². The molecule has 0 spiro atoms. The standard InChI is InChI=1S/C19H25FN2O3/c1-3-21-18(24)14-7-6-10-22(12-14)19(25)13(2)11-17(23)15-8-4-5-9-16(15)20/h4-5,8-9,13-14H,3,6-7,10-12H2,1-2H3,(H,21,24)/t13-,14-/m1/s1. The van der Waals surface area contributed by atoms with Gasteiger partial charge in [0.25, 0.3) is 0 Å². The highest BCUT2D eigenvalue weighted by Crippen LogP contribution is 2.21. The summed E-state index contributed by atoms with van der Waals surface area (Å²) in [6, 6.07) is 5.79. The highest BCUT2D eigenvalue weighted by Gasteiger charge is 2.31. The van der Waals surface area contributed by atoms with Crippen LogP contribution in [0.5, 0.6) is 0 Å². The number of Topliss-reactive ketones (excluding diaryl/α,β-unsaturated/α-hetero) is 1. The second kappa shape index (κ2) is 8.74. The number of hydrogen-bond acceptors (Lipinski definition) is 3. The van der Waals surface area contributed by atoms with Crippen LogP contribution >= 0.6 is 0 Å². The van der Waals surface area contributed by atoms with Crippen molar-refractivity contribution >= 4 is 17.6 Å². The number of halogens is 1. The predicted molar refractivity (Wildman–Crippen MR) is 92.5 cm³/mol. The Hall–Kier alpha value is -2.24. The molecule has 2 rings (SSSR count). The SMILES string of the molecule is CCNC(=O)[C@@H]1CCCN(C(=O)[C@H](C)CC(=O)c2ccccc2F)C1. The van der Waals surface area contributed by atoms with Gasteiger partial charge in [-0.25, -0.2) is 4.39 Å². The Kier molecular flexibility index (Phi) is 6.67. The number of piperidine rings is 1. The third kappa shape index (κ3) is 4.87. The number of ketones is 1. The summed E-state index contributed by atoms with van der Waals surface area (Å²) in [6.45, 7) is 5.07. The number of carbonyl (C=O) groups is 3. The molecule has 1 aliphatic rings. The normalized spacial score (nSPS) is 18.5. The molecule has 0 radical (unpaired) electrons. The van der Waals surface area contributed by atoms with E-state index in [1.165, 1.54) is 18.2 Å². The van der Waals surface area contributed by atoms with E-state index in [0.717, 1.165) is 12.8 Å². The van der Waals surface area contributed by atoms with Crippen LogP contribution < -0.4 is 5.32 Å². The van der Waals surface area contributed by atoms with Gasteiger partial charge < -0.3 is 10.2 Å².